The molecule has 0 aliphatic carbocycles. The van der Waals surface area contributed by atoms with E-state index in [1.54, 1.807) is 0 Å². The highest BCUT2D eigenvalue weighted by Crippen LogP contribution is 2.24. The molecule has 0 aliphatic rings. The molecule has 1 nitrogen and oxygen atoms in total. The monoisotopic (exact) mass is 222 g/mol. The van der Waals surface area contributed by atoms with Crippen molar-refractivity contribution in [1.29, 1.82) is 0 Å². The van der Waals surface area contributed by atoms with E-state index in [2.05, 4.69) is 18.7 Å². The first-order valence-corrected chi connectivity index (χ1v) is 5.59. The van der Waals surface area contributed by atoms with Crippen LogP contribution in [0.3, 0.4) is 0 Å². The maximum absolute atomic E-state index is 10.6. The van der Waals surface area contributed by atoms with Gasteiger partial charge in [0.2, 0.25) is 0 Å². The highest BCUT2D eigenvalue weighted by molar-refractivity contribution is 5.77. The highest BCUT2D eigenvalue weighted by Gasteiger charge is 2.02. The molecule has 0 amide bonds. The van der Waals surface area contributed by atoms with Crippen LogP contribution in [0.1, 0.15) is 15.9 Å². The lowest BCUT2D eigenvalue weighted by Gasteiger charge is -2.07. The number of benzene rings is 2. The lowest BCUT2D eigenvalue weighted by atomic mass is 9.97. The Balaban J connectivity index is 2.44. The predicted octanol–water partition coefficient (Wildman–Crippen LogP) is 3.89. The zero-order valence-electron chi connectivity index (χ0n) is 9.60. The van der Waals surface area contributed by atoms with Crippen molar-refractivity contribution in [2.75, 3.05) is 0 Å². The third kappa shape index (κ3) is 2.51. The molecule has 0 N–H and O–H groups in total. The average molecular weight is 222 g/mol. The maximum Gasteiger partial charge on any atom is 0.150 e. The smallest absolute Gasteiger partial charge is 0.150 e. The van der Waals surface area contributed by atoms with E-state index in [9.17, 15) is 4.79 Å². The third-order valence-corrected chi connectivity index (χ3v) is 2.74. The Morgan fingerprint density at radius 2 is 1.71 bits per heavy atom. The summed E-state index contributed by atoms with van der Waals surface area (Å²) in [4.78, 5) is 10.6. The summed E-state index contributed by atoms with van der Waals surface area (Å²) in [5.41, 5.74) is 4.29. The summed E-state index contributed by atoms with van der Waals surface area (Å²) in [6, 6.07) is 15.9. The molecule has 0 spiro atoms. The summed E-state index contributed by atoms with van der Waals surface area (Å²) < 4.78 is 0. The zero-order chi connectivity index (χ0) is 12.1. The number of hydrogen-bond donors (Lipinski definition) is 0. The van der Waals surface area contributed by atoms with Gasteiger partial charge in [-0.3, -0.25) is 4.79 Å². The van der Waals surface area contributed by atoms with E-state index in [1.165, 1.54) is 11.1 Å². The average Bonchev–Trinajstić information content (AvgIpc) is 2.40. The molecule has 1 heteroatoms. The van der Waals surface area contributed by atoms with Gasteiger partial charge in [0.15, 0.2) is 0 Å². The van der Waals surface area contributed by atoms with Gasteiger partial charge in [0.25, 0.3) is 0 Å². The summed E-state index contributed by atoms with van der Waals surface area (Å²) in [6.07, 6.45) is 3.61. The van der Waals surface area contributed by atoms with Crippen LogP contribution in [0.5, 0.6) is 0 Å². The fourth-order valence-corrected chi connectivity index (χ4v) is 1.88. The van der Waals surface area contributed by atoms with Crippen molar-refractivity contribution in [3.63, 3.8) is 0 Å². The van der Waals surface area contributed by atoms with E-state index < -0.39 is 0 Å². The van der Waals surface area contributed by atoms with Gasteiger partial charge in [0, 0.05) is 5.56 Å². The number of carbonyl (C=O) groups excluding carboxylic acids is 1. The Labute approximate surface area is 101 Å². The van der Waals surface area contributed by atoms with Gasteiger partial charge in [-0.25, -0.2) is 0 Å². The van der Waals surface area contributed by atoms with Crippen molar-refractivity contribution in [1.82, 2.24) is 0 Å². The van der Waals surface area contributed by atoms with Gasteiger partial charge in [-0.1, -0.05) is 54.6 Å². The first-order chi connectivity index (χ1) is 8.35. The van der Waals surface area contributed by atoms with Crippen LogP contribution in [-0.4, -0.2) is 6.29 Å². The van der Waals surface area contributed by atoms with Gasteiger partial charge in [-0.05, 0) is 23.1 Å². The van der Waals surface area contributed by atoms with Crippen LogP contribution >= 0.6 is 0 Å². The van der Waals surface area contributed by atoms with Crippen LogP contribution in [0.15, 0.2) is 61.2 Å². The molecule has 0 bridgehead atoms. The lowest BCUT2D eigenvalue weighted by molar-refractivity contribution is 0.112. The quantitative estimate of drug-likeness (QED) is 0.566. The molecule has 17 heavy (non-hydrogen) atoms. The molecule has 0 atom stereocenters. The Morgan fingerprint density at radius 3 is 2.35 bits per heavy atom. The summed E-state index contributed by atoms with van der Waals surface area (Å²) in [5.74, 6) is 0. The van der Waals surface area contributed by atoms with Crippen LogP contribution < -0.4 is 0 Å². The minimum atomic E-state index is 0.704. The Kier molecular flexibility index (Phi) is 3.51. The molecule has 0 heterocycles. The van der Waals surface area contributed by atoms with E-state index in [0.29, 0.717) is 5.56 Å². The number of hydrogen-bond acceptors (Lipinski definition) is 1. The van der Waals surface area contributed by atoms with E-state index in [4.69, 9.17) is 0 Å². The van der Waals surface area contributed by atoms with Crippen molar-refractivity contribution in [3.8, 4) is 11.1 Å². The first-order valence-electron chi connectivity index (χ1n) is 5.59. The number of rotatable bonds is 4. The molecule has 0 aliphatic heterocycles. The normalized spacial score (nSPS) is 9.88. The molecule has 2 rings (SSSR count). The summed E-state index contributed by atoms with van der Waals surface area (Å²) in [7, 11) is 0. The van der Waals surface area contributed by atoms with Crippen molar-refractivity contribution >= 4 is 6.29 Å². The Morgan fingerprint density at radius 1 is 1.00 bits per heavy atom. The second-order valence-corrected chi connectivity index (χ2v) is 3.89. The number of aldehydes is 1. The third-order valence-electron chi connectivity index (χ3n) is 2.74. The lowest BCUT2D eigenvalue weighted by Crippen LogP contribution is -1.88. The maximum atomic E-state index is 10.6. The van der Waals surface area contributed by atoms with Crippen LogP contribution in [-0.2, 0) is 6.42 Å². The number of carbonyl (C=O) groups is 1. The molecule has 0 aromatic heterocycles. The van der Waals surface area contributed by atoms with Gasteiger partial charge in [0.1, 0.15) is 6.29 Å². The topological polar surface area (TPSA) is 17.1 Å². The highest BCUT2D eigenvalue weighted by atomic mass is 16.1. The fraction of sp³-hybridized carbons (Fsp3) is 0.0625. The van der Waals surface area contributed by atoms with Crippen molar-refractivity contribution in [2.24, 2.45) is 0 Å². The largest absolute Gasteiger partial charge is 0.298 e. The molecule has 0 saturated heterocycles. The molecule has 0 radical (unpaired) electrons. The van der Waals surface area contributed by atoms with Crippen molar-refractivity contribution in [3.05, 3.63) is 72.3 Å². The van der Waals surface area contributed by atoms with Crippen LogP contribution in [0, 0.1) is 0 Å². The fourth-order valence-electron chi connectivity index (χ4n) is 1.88. The standard InChI is InChI=1S/C16H14O/c1-2-5-14-6-3-4-7-16(14)15-10-8-13(12-17)9-11-15/h2-4,6-12H,1,5H2. The van der Waals surface area contributed by atoms with Crippen molar-refractivity contribution < 1.29 is 4.79 Å². The molecule has 0 saturated carbocycles. The van der Waals surface area contributed by atoms with Crippen LogP contribution in [0.2, 0.25) is 0 Å². The second-order valence-electron chi connectivity index (χ2n) is 3.89. The van der Waals surface area contributed by atoms with E-state index in [1.807, 2.05) is 42.5 Å². The summed E-state index contributed by atoms with van der Waals surface area (Å²) >= 11 is 0. The predicted molar refractivity (Wildman–Crippen MR) is 71.2 cm³/mol. The van der Waals surface area contributed by atoms with Crippen LogP contribution in [0.25, 0.3) is 11.1 Å². The SMILES string of the molecule is C=CCc1ccccc1-c1ccc(C=O)cc1. The van der Waals surface area contributed by atoms with E-state index >= 15 is 0 Å². The summed E-state index contributed by atoms with van der Waals surface area (Å²) in [5, 5.41) is 0. The Bertz CT molecular complexity index is 523. The molecular weight excluding hydrogens is 208 g/mol. The first kappa shape index (κ1) is 11.3. The summed E-state index contributed by atoms with van der Waals surface area (Å²) in [6.45, 7) is 3.77. The second kappa shape index (κ2) is 5.26. The number of allylic oxidation sites excluding steroid dienone is 1. The zero-order valence-corrected chi connectivity index (χ0v) is 9.60. The Hall–Kier alpha value is -2.15. The molecule has 0 unspecified atom stereocenters. The minimum absolute atomic E-state index is 0.704. The van der Waals surface area contributed by atoms with Gasteiger partial charge in [0.05, 0.1) is 0 Å². The molecular formula is C16H14O. The van der Waals surface area contributed by atoms with E-state index in [0.717, 1.165) is 18.3 Å². The van der Waals surface area contributed by atoms with E-state index in [-0.39, 0.29) is 0 Å². The molecule has 2 aromatic carbocycles. The van der Waals surface area contributed by atoms with Gasteiger partial charge in [-0.15, -0.1) is 6.58 Å². The van der Waals surface area contributed by atoms with Gasteiger partial charge in [-0.2, -0.15) is 0 Å². The molecule has 84 valence electrons. The molecule has 0 fully saturated rings. The minimum Gasteiger partial charge on any atom is -0.298 e. The molecule has 2 aromatic rings. The van der Waals surface area contributed by atoms with Crippen molar-refractivity contribution in [2.45, 2.75) is 6.42 Å². The van der Waals surface area contributed by atoms with Gasteiger partial charge < -0.3 is 0 Å². The van der Waals surface area contributed by atoms with Crippen LogP contribution in [0.4, 0.5) is 0 Å². The van der Waals surface area contributed by atoms with Gasteiger partial charge >= 0.3 is 0 Å².